The van der Waals surface area contributed by atoms with E-state index in [4.69, 9.17) is 0 Å². The summed E-state index contributed by atoms with van der Waals surface area (Å²) in [5, 5.41) is 0. The van der Waals surface area contributed by atoms with Gasteiger partial charge in [0.05, 0.1) is 0 Å². The molecule has 0 bridgehead atoms. The van der Waals surface area contributed by atoms with Crippen molar-refractivity contribution in [3.05, 3.63) is 59.0 Å². The van der Waals surface area contributed by atoms with E-state index in [9.17, 15) is 0 Å². The van der Waals surface area contributed by atoms with E-state index in [2.05, 4.69) is 41.3 Å². The molecule has 0 saturated carbocycles. The Balaban J connectivity index is 0.000000153. The number of rotatable bonds is 0. The van der Waals surface area contributed by atoms with Crippen LogP contribution in [-0.4, -0.2) is 6.21 Å². The normalized spacial score (nSPS) is 15.7. The molecule has 1 aliphatic carbocycles. The van der Waals surface area contributed by atoms with E-state index < -0.39 is 0 Å². The second-order valence-electron chi connectivity index (χ2n) is 3.53. The molecule has 0 unspecified atom stereocenters. The first kappa shape index (κ1) is 12.3. The highest BCUT2D eigenvalue weighted by atomic mass is 32.2. The molecule has 0 radical (unpaired) electrons. The summed E-state index contributed by atoms with van der Waals surface area (Å²) >= 11 is 5.61. The Kier molecular flexibility index (Phi) is 4.71. The average molecular weight is 259 g/mol. The molecule has 1 aromatic rings. The van der Waals surface area contributed by atoms with Gasteiger partial charge in [0.1, 0.15) is 0 Å². The zero-order chi connectivity index (χ0) is 11.9. The third-order valence-electron chi connectivity index (χ3n) is 2.24. The summed E-state index contributed by atoms with van der Waals surface area (Å²) in [6, 6.07) is 8.23. The summed E-state index contributed by atoms with van der Waals surface area (Å²) in [6.07, 6.45) is 13.0. The van der Waals surface area contributed by atoms with Crippen LogP contribution >= 0.6 is 24.6 Å². The molecule has 3 rings (SSSR count). The summed E-state index contributed by atoms with van der Waals surface area (Å²) in [6.45, 7) is 0. The van der Waals surface area contributed by atoms with Gasteiger partial charge in [-0.25, -0.2) is 4.40 Å². The number of hydrogen-bond donors (Lipinski definition) is 1. The summed E-state index contributed by atoms with van der Waals surface area (Å²) in [7, 11) is 0. The molecular weight excluding hydrogens is 246 g/mol. The van der Waals surface area contributed by atoms with Crippen molar-refractivity contribution in [3.8, 4) is 0 Å². The van der Waals surface area contributed by atoms with E-state index in [-0.39, 0.29) is 0 Å². The number of benzene rings is 1. The first-order valence-corrected chi connectivity index (χ1v) is 6.59. The predicted octanol–water partition coefficient (Wildman–Crippen LogP) is 4.55. The number of thiol groups is 1. The standard InChI is InChI=1S/C9H7NS.C5H6S/c1-2-6-9-8(4-1)5-3-7-10-11-9;6-5-3-1-2-4-5/h1-7H;1-3,6H,4H2. The number of nitrogens with zero attached hydrogens (tertiary/aromatic N) is 1. The molecular formula is C14H13NS2. The fraction of sp³-hybridized carbons (Fsp3) is 0.0714. The van der Waals surface area contributed by atoms with Gasteiger partial charge in [0, 0.05) is 23.1 Å². The van der Waals surface area contributed by atoms with E-state index in [1.54, 1.807) is 0 Å². The Bertz CT molecular complexity index is 499. The Labute approximate surface area is 112 Å². The van der Waals surface area contributed by atoms with Gasteiger partial charge in [-0.05, 0) is 29.0 Å². The first-order chi connectivity index (χ1) is 8.36. The number of hydrogen-bond acceptors (Lipinski definition) is 3. The SMILES string of the molecule is C1=Cc2ccccc2SN=C1.SC1=CC=CC1. The number of allylic oxidation sites excluding steroid dienone is 5. The molecule has 3 heteroatoms. The van der Waals surface area contributed by atoms with Crippen LogP contribution in [0.4, 0.5) is 0 Å². The van der Waals surface area contributed by atoms with Crippen LogP contribution in [0.3, 0.4) is 0 Å². The number of fused-ring (bicyclic) bond motifs is 1. The molecule has 0 amide bonds. The van der Waals surface area contributed by atoms with E-state index >= 15 is 0 Å². The molecule has 1 aliphatic heterocycles. The van der Waals surface area contributed by atoms with Crippen LogP contribution in [0.2, 0.25) is 0 Å². The highest BCUT2D eigenvalue weighted by molar-refractivity contribution is 7.98. The first-order valence-electron chi connectivity index (χ1n) is 5.37. The topological polar surface area (TPSA) is 12.4 Å². The fourth-order valence-corrected chi connectivity index (χ4v) is 2.22. The summed E-state index contributed by atoms with van der Waals surface area (Å²) in [4.78, 5) is 2.38. The van der Waals surface area contributed by atoms with Crippen molar-refractivity contribution in [1.82, 2.24) is 0 Å². The Morgan fingerprint density at radius 3 is 2.76 bits per heavy atom. The molecule has 0 N–H and O–H groups in total. The minimum absolute atomic E-state index is 1.03. The maximum Gasteiger partial charge on any atom is 0.0377 e. The molecule has 1 nitrogen and oxygen atoms in total. The molecule has 17 heavy (non-hydrogen) atoms. The van der Waals surface area contributed by atoms with Gasteiger partial charge in [0.15, 0.2) is 0 Å². The predicted molar refractivity (Wildman–Crippen MR) is 80.7 cm³/mol. The monoisotopic (exact) mass is 259 g/mol. The second-order valence-corrected chi connectivity index (χ2v) is 4.94. The van der Waals surface area contributed by atoms with Crippen LogP contribution < -0.4 is 0 Å². The van der Waals surface area contributed by atoms with Crippen molar-refractivity contribution >= 4 is 36.9 Å². The van der Waals surface area contributed by atoms with Gasteiger partial charge in [0.2, 0.25) is 0 Å². The van der Waals surface area contributed by atoms with Gasteiger partial charge in [-0.1, -0.05) is 42.5 Å². The fourth-order valence-electron chi connectivity index (χ4n) is 1.41. The van der Waals surface area contributed by atoms with Crippen molar-refractivity contribution in [2.45, 2.75) is 11.3 Å². The van der Waals surface area contributed by atoms with Crippen molar-refractivity contribution in [3.63, 3.8) is 0 Å². The zero-order valence-electron chi connectivity index (χ0n) is 9.28. The maximum atomic E-state index is 4.12. The summed E-state index contributed by atoms with van der Waals surface area (Å²) < 4.78 is 4.12. The Morgan fingerprint density at radius 2 is 2.06 bits per heavy atom. The van der Waals surface area contributed by atoms with Gasteiger partial charge in [-0.3, -0.25) is 0 Å². The van der Waals surface area contributed by atoms with Crippen LogP contribution in [0.25, 0.3) is 6.08 Å². The van der Waals surface area contributed by atoms with Gasteiger partial charge < -0.3 is 0 Å². The third-order valence-corrected chi connectivity index (χ3v) is 3.37. The van der Waals surface area contributed by atoms with E-state index in [0.29, 0.717) is 0 Å². The van der Waals surface area contributed by atoms with Crippen molar-refractivity contribution in [1.29, 1.82) is 0 Å². The Morgan fingerprint density at radius 1 is 1.18 bits per heavy atom. The summed E-state index contributed by atoms with van der Waals surface area (Å²) in [5.74, 6) is 0. The lowest BCUT2D eigenvalue weighted by molar-refractivity contribution is 1.42. The maximum absolute atomic E-state index is 4.12. The quantitative estimate of drug-likeness (QED) is 0.532. The highest BCUT2D eigenvalue weighted by Crippen LogP contribution is 2.25. The molecule has 0 aromatic heterocycles. The van der Waals surface area contributed by atoms with Gasteiger partial charge in [0.25, 0.3) is 0 Å². The minimum atomic E-state index is 1.03. The molecule has 86 valence electrons. The smallest absolute Gasteiger partial charge is 0.0377 e. The third kappa shape index (κ3) is 3.95. The zero-order valence-corrected chi connectivity index (χ0v) is 11.0. The van der Waals surface area contributed by atoms with Crippen LogP contribution in [0.15, 0.2) is 62.8 Å². The van der Waals surface area contributed by atoms with E-state index in [1.165, 1.54) is 22.4 Å². The van der Waals surface area contributed by atoms with E-state index in [0.717, 1.165) is 11.3 Å². The lowest BCUT2D eigenvalue weighted by atomic mass is 10.2. The second kappa shape index (κ2) is 6.52. The largest absolute Gasteiger partial charge is 0.219 e. The van der Waals surface area contributed by atoms with Crippen LogP contribution in [0.5, 0.6) is 0 Å². The minimum Gasteiger partial charge on any atom is -0.219 e. The molecule has 2 aliphatic rings. The lowest BCUT2D eigenvalue weighted by Crippen LogP contribution is -1.73. The van der Waals surface area contributed by atoms with Crippen molar-refractivity contribution in [2.75, 3.05) is 0 Å². The molecule has 0 atom stereocenters. The van der Waals surface area contributed by atoms with Crippen LogP contribution in [0, 0.1) is 0 Å². The van der Waals surface area contributed by atoms with Crippen molar-refractivity contribution < 1.29 is 0 Å². The molecule has 0 saturated heterocycles. The lowest BCUT2D eigenvalue weighted by Gasteiger charge is -1.97. The molecule has 1 heterocycles. The summed E-state index contributed by atoms with van der Waals surface area (Å²) in [5.41, 5.74) is 1.25. The average Bonchev–Trinajstić information content (AvgIpc) is 2.70. The van der Waals surface area contributed by atoms with Crippen LogP contribution in [0.1, 0.15) is 12.0 Å². The highest BCUT2D eigenvalue weighted by Gasteiger charge is 1.98. The van der Waals surface area contributed by atoms with Crippen molar-refractivity contribution in [2.24, 2.45) is 4.40 Å². The molecule has 0 fully saturated rings. The van der Waals surface area contributed by atoms with E-state index in [1.807, 2.05) is 36.6 Å². The van der Waals surface area contributed by atoms with Gasteiger partial charge >= 0.3 is 0 Å². The Hall–Kier alpha value is -1.19. The molecule has 1 aromatic carbocycles. The van der Waals surface area contributed by atoms with Gasteiger partial charge in [-0.15, -0.1) is 12.6 Å². The molecule has 0 spiro atoms. The van der Waals surface area contributed by atoms with Crippen LogP contribution in [-0.2, 0) is 0 Å². The van der Waals surface area contributed by atoms with Gasteiger partial charge in [-0.2, -0.15) is 0 Å².